The number of carbonyl (C=O) groups is 1. The molecule has 1 aromatic heterocycles. The fraction of sp³-hybridized carbons (Fsp3) is 0.125. The molecule has 1 N–H and O–H groups in total. The lowest BCUT2D eigenvalue weighted by Gasteiger charge is -2.06. The molecule has 0 atom stereocenters. The molecule has 150 valence electrons. The Kier molecular flexibility index (Phi) is 6.25. The number of aromatic nitrogens is 2. The summed E-state index contributed by atoms with van der Waals surface area (Å²) in [5, 5.41) is 11.2. The second-order valence-corrected chi connectivity index (χ2v) is 7.87. The van der Waals surface area contributed by atoms with Gasteiger partial charge in [0.25, 0.3) is 0 Å². The Labute approximate surface area is 179 Å². The molecular formula is C24H21N3O2S. The Balaban J connectivity index is 1.36. The minimum Gasteiger partial charge on any atom is -0.416 e. The van der Waals surface area contributed by atoms with Crippen molar-refractivity contribution in [3.63, 3.8) is 0 Å². The molecule has 0 bridgehead atoms. The molecule has 0 unspecified atom stereocenters. The van der Waals surface area contributed by atoms with E-state index >= 15 is 0 Å². The van der Waals surface area contributed by atoms with Crippen molar-refractivity contribution < 1.29 is 9.21 Å². The topological polar surface area (TPSA) is 68.0 Å². The van der Waals surface area contributed by atoms with Crippen molar-refractivity contribution in [3.8, 4) is 22.9 Å². The molecule has 4 rings (SSSR count). The average molecular weight is 416 g/mol. The molecule has 0 saturated carbocycles. The van der Waals surface area contributed by atoms with Crippen LogP contribution in [-0.4, -0.2) is 21.9 Å². The van der Waals surface area contributed by atoms with Crippen molar-refractivity contribution in [2.75, 3.05) is 11.1 Å². The van der Waals surface area contributed by atoms with Crippen molar-refractivity contribution in [3.05, 3.63) is 90.0 Å². The van der Waals surface area contributed by atoms with Crippen LogP contribution >= 0.6 is 11.8 Å². The number of amides is 1. The molecule has 0 aliphatic rings. The van der Waals surface area contributed by atoms with Crippen molar-refractivity contribution >= 4 is 23.4 Å². The zero-order chi connectivity index (χ0) is 20.8. The molecule has 0 aliphatic heterocycles. The first-order chi connectivity index (χ1) is 14.7. The zero-order valence-corrected chi connectivity index (χ0v) is 17.4. The van der Waals surface area contributed by atoms with E-state index in [0.717, 1.165) is 16.9 Å². The minimum absolute atomic E-state index is 0.0419. The summed E-state index contributed by atoms with van der Waals surface area (Å²) in [7, 11) is 0. The van der Waals surface area contributed by atoms with E-state index in [0.29, 0.717) is 23.2 Å². The number of thioether (sulfide) groups is 1. The second kappa shape index (κ2) is 9.41. The summed E-state index contributed by atoms with van der Waals surface area (Å²) < 4.78 is 5.80. The summed E-state index contributed by atoms with van der Waals surface area (Å²) >= 11 is 1.59. The Bertz CT molecular complexity index is 1120. The quantitative estimate of drug-likeness (QED) is 0.426. The van der Waals surface area contributed by atoms with Crippen LogP contribution in [0.15, 0.2) is 83.3 Å². The highest BCUT2D eigenvalue weighted by Gasteiger charge is 2.11. The van der Waals surface area contributed by atoms with Gasteiger partial charge in [0.2, 0.25) is 17.7 Å². The number of aryl methyl sites for hydroxylation is 1. The lowest BCUT2D eigenvalue weighted by molar-refractivity contribution is -0.113. The van der Waals surface area contributed by atoms with Gasteiger partial charge in [-0.25, -0.2) is 0 Å². The molecule has 0 fully saturated rings. The van der Waals surface area contributed by atoms with Crippen LogP contribution in [0, 0.1) is 6.92 Å². The third kappa shape index (κ3) is 5.15. The van der Waals surface area contributed by atoms with E-state index in [-0.39, 0.29) is 5.91 Å². The van der Waals surface area contributed by atoms with Crippen LogP contribution in [0.4, 0.5) is 5.69 Å². The normalized spacial score (nSPS) is 10.7. The number of hydrogen-bond donors (Lipinski definition) is 1. The molecule has 3 aromatic carbocycles. The molecular weight excluding hydrogens is 394 g/mol. The summed E-state index contributed by atoms with van der Waals surface area (Å²) in [5.41, 5.74) is 4.78. The average Bonchev–Trinajstić information content (AvgIpc) is 3.26. The zero-order valence-electron chi connectivity index (χ0n) is 16.5. The summed E-state index contributed by atoms with van der Waals surface area (Å²) in [6.07, 6.45) is 0. The van der Waals surface area contributed by atoms with E-state index in [9.17, 15) is 4.79 Å². The van der Waals surface area contributed by atoms with E-state index in [1.807, 2.05) is 54.6 Å². The SMILES string of the molecule is Cc1ccc(CSCC(=O)Nc2cccc(-c3nnc(-c4ccccc4)o3)c2)cc1. The first-order valence-electron chi connectivity index (χ1n) is 9.60. The largest absolute Gasteiger partial charge is 0.416 e. The molecule has 0 saturated heterocycles. The monoisotopic (exact) mass is 415 g/mol. The van der Waals surface area contributed by atoms with Crippen LogP contribution in [-0.2, 0) is 10.5 Å². The van der Waals surface area contributed by atoms with Crippen LogP contribution in [0.1, 0.15) is 11.1 Å². The van der Waals surface area contributed by atoms with Crippen molar-refractivity contribution in [1.82, 2.24) is 10.2 Å². The predicted octanol–water partition coefficient (Wildman–Crippen LogP) is 5.58. The fourth-order valence-corrected chi connectivity index (χ4v) is 3.70. The summed E-state index contributed by atoms with van der Waals surface area (Å²) in [6.45, 7) is 2.06. The molecule has 4 aromatic rings. The highest BCUT2D eigenvalue weighted by Crippen LogP contribution is 2.25. The third-order valence-corrected chi connectivity index (χ3v) is 5.47. The van der Waals surface area contributed by atoms with Crippen LogP contribution in [0.5, 0.6) is 0 Å². The van der Waals surface area contributed by atoms with Gasteiger partial charge in [0, 0.05) is 22.6 Å². The van der Waals surface area contributed by atoms with Gasteiger partial charge in [0.15, 0.2) is 0 Å². The fourth-order valence-electron chi connectivity index (χ4n) is 2.91. The lowest BCUT2D eigenvalue weighted by atomic mass is 10.2. The molecule has 5 nitrogen and oxygen atoms in total. The van der Waals surface area contributed by atoms with E-state index in [1.165, 1.54) is 11.1 Å². The molecule has 6 heteroatoms. The van der Waals surface area contributed by atoms with E-state index in [4.69, 9.17) is 4.42 Å². The maximum atomic E-state index is 12.3. The second-order valence-electron chi connectivity index (χ2n) is 6.89. The molecule has 0 aliphatic carbocycles. The van der Waals surface area contributed by atoms with Gasteiger partial charge in [0.05, 0.1) is 5.75 Å². The van der Waals surface area contributed by atoms with Crippen molar-refractivity contribution in [2.24, 2.45) is 0 Å². The van der Waals surface area contributed by atoms with Crippen molar-refractivity contribution in [1.29, 1.82) is 0 Å². The smallest absolute Gasteiger partial charge is 0.248 e. The number of anilines is 1. The number of hydrogen-bond acceptors (Lipinski definition) is 5. The van der Waals surface area contributed by atoms with Crippen molar-refractivity contribution in [2.45, 2.75) is 12.7 Å². The number of nitrogens with one attached hydrogen (secondary N) is 1. The Hall–Kier alpha value is -3.38. The van der Waals surface area contributed by atoms with Gasteiger partial charge in [-0.3, -0.25) is 4.79 Å². The summed E-state index contributed by atoms with van der Waals surface area (Å²) in [6, 6.07) is 25.4. The highest BCUT2D eigenvalue weighted by atomic mass is 32.2. The summed E-state index contributed by atoms with van der Waals surface area (Å²) in [5.74, 6) is 2.03. The van der Waals surface area contributed by atoms with Gasteiger partial charge in [-0.2, -0.15) is 0 Å². The van der Waals surface area contributed by atoms with Gasteiger partial charge in [-0.1, -0.05) is 54.1 Å². The maximum absolute atomic E-state index is 12.3. The Morgan fingerprint density at radius 2 is 1.60 bits per heavy atom. The van der Waals surface area contributed by atoms with E-state index in [2.05, 4.69) is 46.7 Å². The van der Waals surface area contributed by atoms with Crippen LogP contribution in [0.25, 0.3) is 22.9 Å². The first-order valence-corrected chi connectivity index (χ1v) is 10.8. The standard InChI is InChI=1S/C24H21N3O2S/c1-17-10-12-18(13-11-17)15-30-16-22(28)25-21-9-5-8-20(14-21)24-27-26-23(29-24)19-6-3-2-4-7-19/h2-14H,15-16H2,1H3,(H,25,28). The van der Waals surface area contributed by atoms with E-state index in [1.54, 1.807) is 11.8 Å². The molecule has 1 heterocycles. The molecule has 0 radical (unpaired) electrons. The lowest BCUT2D eigenvalue weighted by Crippen LogP contribution is -2.14. The first kappa shape index (κ1) is 19.9. The minimum atomic E-state index is -0.0419. The van der Waals surface area contributed by atoms with Gasteiger partial charge in [-0.15, -0.1) is 22.0 Å². The van der Waals surface area contributed by atoms with E-state index < -0.39 is 0 Å². The Morgan fingerprint density at radius 1 is 0.900 bits per heavy atom. The highest BCUT2D eigenvalue weighted by molar-refractivity contribution is 7.99. The van der Waals surface area contributed by atoms with Gasteiger partial charge < -0.3 is 9.73 Å². The summed E-state index contributed by atoms with van der Waals surface area (Å²) in [4.78, 5) is 12.3. The number of benzene rings is 3. The van der Waals surface area contributed by atoms with Crippen LogP contribution < -0.4 is 5.32 Å². The number of rotatable bonds is 7. The molecule has 0 spiro atoms. The molecule has 30 heavy (non-hydrogen) atoms. The van der Waals surface area contributed by atoms with Gasteiger partial charge in [0.1, 0.15) is 0 Å². The number of nitrogens with zero attached hydrogens (tertiary/aromatic N) is 2. The predicted molar refractivity (Wildman–Crippen MR) is 121 cm³/mol. The van der Waals surface area contributed by atoms with Crippen LogP contribution in [0.3, 0.4) is 0 Å². The molecule has 1 amide bonds. The van der Waals surface area contributed by atoms with Crippen LogP contribution in [0.2, 0.25) is 0 Å². The number of carbonyl (C=O) groups excluding carboxylic acids is 1. The Morgan fingerprint density at radius 3 is 2.37 bits per heavy atom. The van der Waals surface area contributed by atoms with Gasteiger partial charge in [-0.05, 0) is 42.8 Å². The van der Waals surface area contributed by atoms with Gasteiger partial charge >= 0.3 is 0 Å². The maximum Gasteiger partial charge on any atom is 0.248 e. The third-order valence-electron chi connectivity index (χ3n) is 4.46.